The van der Waals surface area contributed by atoms with Crippen molar-refractivity contribution in [1.29, 1.82) is 0 Å². The molecule has 0 fully saturated rings. The lowest BCUT2D eigenvalue weighted by atomic mass is 10.1. The summed E-state index contributed by atoms with van der Waals surface area (Å²) in [6, 6.07) is 15.6. The lowest BCUT2D eigenvalue weighted by molar-refractivity contribution is -0.119. The average Bonchev–Trinajstić information content (AvgIpc) is 3.07. The van der Waals surface area contributed by atoms with Crippen LogP contribution in [0.2, 0.25) is 0 Å². The number of carbonyl (C=O) groups is 2. The van der Waals surface area contributed by atoms with Gasteiger partial charge >= 0.3 is 0 Å². The van der Waals surface area contributed by atoms with Gasteiger partial charge in [-0.25, -0.2) is 0 Å². The summed E-state index contributed by atoms with van der Waals surface area (Å²) in [5, 5.41) is 5.90. The maximum Gasteiger partial charge on any atom is 0.231 e. The van der Waals surface area contributed by atoms with Crippen LogP contribution >= 0.6 is 0 Å². The highest BCUT2D eigenvalue weighted by atomic mass is 16.2. The van der Waals surface area contributed by atoms with Gasteiger partial charge in [-0.3, -0.25) is 9.59 Å². The molecule has 0 aliphatic carbocycles. The maximum absolute atomic E-state index is 12.7. The largest absolute Gasteiger partial charge is 0.326 e. The minimum atomic E-state index is -0.100. The molecule has 2 N–H and O–H groups in total. The highest BCUT2D eigenvalue weighted by Crippen LogP contribution is 2.28. The third kappa shape index (κ3) is 4.11. The number of hydrogen-bond acceptors (Lipinski definition) is 3. The van der Waals surface area contributed by atoms with Crippen molar-refractivity contribution < 1.29 is 9.59 Å². The normalized spacial score (nSPS) is 14.0. The number of amides is 2. The summed E-state index contributed by atoms with van der Waals surface area (Å²) in [4.78, 5) is 26.6. The number of benzene rings is 2. The number of nitrogens with one attached hydrogen (secondary N) is 2. The number of anilines is 2. The predicted molar refractivity (Wildman–Crippen MR) is 104 cm³/mol. The van der Waals surface area contributed by atoms with Crippen molar-refractivity contribution in [1.82, 2.24) is 5.32 Å². The van der Waals surface area contributed by atoms with E-state index in [-0.39, 0.29) is 17.7 Å². The Morgan fingerprint density at radius 1 is 1.12 bits per heavy atom. The Morgan fingerprint density at radius 3 is 2.58 bits per heavy atom. The fraction of sp³-hybridized carbons (Fsp3) is 0.333. The molecule has 1 aliphatic rings. The standard InChI is InChI=1S/C21H25N3O2/c1-15(14-22-2)21(26)23-18-9-7-16(8-10-18)13-20(25)24-12-11-17-5-3-4-6-19(17)24/h3-10,15,22H,11-14H2,1-2H3,(H,23,26). The Balaban J connectivity index is 1.59. The fourth-order valence-electron chi connectivity index (χ4n) is 3.24. The van der Waals surface area contributed by atoms with Crippen molar-refractivity contribution >= 4 is 23.2 Å². The average molecular weight is 351 g/mol. The van der Waals surface area contributed by atoms with E-state index in [9.17, 15) is 9.59 Å². The summed E-state index contributed by atoms with van der Waals surface area (Å²) in [5.41, 5.74) is 3.95. The van der Waals surface area contributed by atoms with Crippen molar-refractivity contribution in [2.24, 2.45) is 5.92 Å². The fourth-order valence-corrected chi connectivity index (χ4v) is 3.24. The van der Waals surface area contributed by atoms with Gasteiger partial charge in [0.1, 0.15) is 0 Å². The minimum Gasteiger partial charge on any atom is -0.326 e. The Labute approximate surface area is 154 Å². The highest BCUT2D eigenvalue weighted by Gasteiger charge is 2.23. The van der Waals surface area contributed by atoms with Gasteiger partial charge in [-0.15, -0.1) is 0 Å². The van der Waals surface area contributed by atoms with Gasteiger partial charge in [0.15, 0.2) is 0 Å². The first-order chi connectivity index (χ1) is 12.6. The lowest BCUT2D eigenvalue weighted by Crippen LogP contribution is -2.30. The van der Waals surface area contributed by atoms with E-state index in [1.54, 1.807) is 0 Å². The molecule has 1 atom stereocenters. The molecule has 1 unspecified atom stereocenters. The molecule has 136 valence electrons. The van der Waals surface area contributed by atoms with E-state index >= 15 is 0 Å². The van der Waals surface area contributed by atoms with Crippen LogP contribution in [0.4, 0.5) is 11.4 Å². The molecule has 1 aliphatic heterocycles. The van der Waals surface area contributed by atoms with Crippen LogP contribution in [0.3, 0.4) is 0 Å². The summed E-state index contributed by atoms with van der Waals surface area (Å²) in [5.74, 6) is -0.0114. The van der Waals surface area contributed by atoms with Crippen LogP contribution in [0.5, 0.6) is 0 Å². The first-order valence-electron chi connectivity index (χ1n) is 9.01. The molecule has 0 bridgehead atoms. The smallest absolute Gasteiger partial charge is 0.231 e. The van der Waals surface area contributed by atoms with Gasteiger partial charge in [0.25, 0.3) is 0 Å². The predicted octanol–water partition coefficient (Wildman–Crippen LogP) is 2.61. The van der Waals surface area contributed by atoms with E-state index in [4.69, 9.17) is 0 Å². The summed E-state index contributed by atoms with van der Waals surface area (Å²) >= 11 is 0. The number of rotatable bonds is 6. The van der Waals surface area contributed by atoms with Crippen LogP contribution in [0.25, 0.3) is 0 Å². The quantitative estimate of drug-likeness (QED) is 0.841. The maximum atomic E-state index is 12.7. The molecule has 2 aromatic rings. The second kappa shape index (κ2) is 8.15. The van der Waals surface area contributed by atoms with Crippen LogP contribution in [0.15, 0.2) is 48.5 Å². The van der Waals surface area contributed by atoms with Crippen LogP contribution in [-0.2, 0) is 22.4 Å². The molecular formula is C21H25N3O2. The molecule has 0 aromatic heterocycles. The molecule has 5 heteroatoms. The molecule has 0 spiro atoms. The van der Waals surface area contributed by atoms with Crippen molar-refractivity contribution in [3.05, 3.63) is 59.7 Å². The monoisotopic (exact) mass is 351 g/mol. The van der Waals surface area contributed by atoms with Crippen molar-refractivity contribution in [3.63, 3.8) is 0 Å². The second-order valence-corrected chi connectivity index (χ2v) is 6.75. The first-order valence-corrected chi connectivity index (χ1v) is 9.01. The molecule has 2 aromatic carbocycles. The number of hydrogen-bond donors (Lipinski definition) is 2. The molecule has 2 amide bonds. The Bertz CT molecular complexity index is 786. The van der Waals surface area contributed by atoms with E-state index in [1.807, 2.05) is 61.3 Å². The van der Waals surface area contributed by atoms with E-state index in [2.05, 4.69) is 16.7 Å². The molecule has 0 saturated carbocycles. The first kappa shape index (κ1) is 18.1. The number of para-hydroxylation sites is 1. The topological polar surface area (TPSA) is 61.4 Å². The third-order valence-electron chi connectivity index (χ3n) is 4.72. The Morgan fingerprint density at radius 2 is 1.85 bits per heavy atom. The number of fused-ring (bicyclic) bond motifs is 1. The van der Waals surface area contributed by atoms with E-state index in [0.717, 1.165) is 29.9 Å². The highest BCUT2D eigenvalue weighted by molar-refractivity contribution is 5.97. The van der Waals surface area contributed by atoms with Crippen LogP contribution in [-0.4, -0.2) is 32.0 Å². The zero-order chi connectivity index (χ0) is 18.5. The van der Waals surface area contributed by atoms with E-state index < -0.39 is 0 Å². The Hall–Kier alpha value is -2.66. The van der Waals surface area contributed by atoms with Gasteiger partial charge in [-0.05, 0) is 42.8 Å². The molecular weight excluding hydrogens is 326 g/mol. The summed E-state index contributed by atoms with van der Waals surface area (Å²) < 4.78 is 0. The molecule has 3 rings (SSSR count). The van der Waals surface area contributed by atoms with Crippen molar-refractivity contribution in [2.45, 2.75) is 19.8 Å². The Kier molecular flexibility index (Phi) is 5.68. The van der Waals surface area contributed by atoms with Gasteiger partial charge in [-0.1, -0.05) is 37.3 Å². The summed E-state index contributed by atoms with van der Waals surface area (Å²) in [6.45, 7) is 3.26. The molecule has 5 nitrogen and oxygen atoms in total. The number of carbonyl (C=O) groups excluding carboxylic acids is 2. The summed E-state index contributed by atoms with van der Waals surface area (Å²) in [7, 11) is 1.83. The van der Waals surface area contributed by atoms with Gasteiger partial charge in [0, 0.05) is 30.4 Å². The van der Waals surface area contributed by atoms with Crippen LogP contribution < -0.4 is 15.5 Å². The minimum absolute atomic E-state index is 0.0168. The van der Waals surface area contributed by atoms with Gasteiger partial charge in [-0.2, -0.15) is 0 Å². The zero-order valence-corrected chi connectivity index (χ0v) is 15.3. The van der Waals surface area contributed by atoms with Crippen molar-refractivity contribution in [3.8, 4) is 0 Å². The van der Waals surface area contributed by atoms with Gasteiger partial charge in [0.2, 0.25) is 11.8 Å². The van der Waals surface area contributed by atoms with Crippen LogP contribution in [0, 0.1) is 5.92 Å². The molecule has 26 heavy (non-hydrogen) atoms. The molecule has 0 radical (unpaired) electrons. The van der Waals surface area contributed by atoms with Crippen molar-refractivity contribution in [2.75, 3.05) is 30.4 Å². The van der Waals surface area contributed by atoms with Gasteiger partial charge in [0.05, 0.1) is 6.42 Å². The SMILES string of the molecule is CNCC(C)C(=O)Nc1ccc(CC(=O)N2CCc3ccccc32)cc1. The second-order valence-electron chi connectivity index (χ2n) is 6.75. The molecule has 1 heterocycles. The lowest BCUT2D eigenvalue weighted by Gasteiger charge is -2.17. The number of nitrogens with zero attached hydrogens (tertiary/aromatic N) is 1. The van der Waals surface area contributed by atoms with E-state index in [1.165, 1.54) is 5.56 Å². The molecule has 0 saturated heterocycles. The van der Waals surface area contributed by atoms with Gasteiger partial charge < -0.3 is 15.5 Å². The van der Waals surface area contributed by atoms with E-state index in [0.29, 0.717) is 13.0 Å². The third-order valence-corrected chi connectivity index (χ3v) is 4.72. The zero-order valence-electron chi connectivity index (χ0n) is 15.3. The summed E-state index contributed by atoms with van der Waals surface area (Å²) in [6.07, 6.45) is 1.27. The van der Waals surface area contributed by atoms with Crippen LogP contribution in [0.1, 0.15) is 18.1 Å².